The average molecular weight is 199 g/mol. The van der Waals surface area contributed by atoms with Gasteiger partial charge in [0.15, 0.2) is 0 Å². The fourth-order valence-corrected chi connectivity index (χ4v) is 1.66. The number of hydrogen-bond acceptors (Lipinski definition) is 0. The minimum atomic E-state index is -0.132. The van der Waals surface area contributed by atoms with E-state index in [1.807, 2.05) is 30.3 Å². The molecule has 1 radical (unpaired) electrons. The van der Waals surface area contributed by atoms with Crippen LogP contribution >= 0.6 is 0 Å². The van der Waals surface area contributed by atoms with Crippen LogP contribution in [-0.2, 0) is 0 Å². The van der Waals surface area contributed by atoms with Crippen molar-refractivity contribution in [2.75, 3.05) is 0 Å². The molecule has 0 aliphatic carbocycles. The van der Waals surface area contributed by atoms with Gasteiger partial charge in [0.05, 0.1) is 0 Å². The molecule has 0 bridgehead atoms. The van der Waals surface area contributed by atoms with Crippen LogP contribution < -0.4 is 0 Å². The van der Waals surface area contributed by atoms with Gasteiger partial charge in [0.25, 0.3) is 0 Å². The summed E-state index contributed by atoms with van der Waals surface area (Å²) in [5.41, 5.74) is 3.17. The van der Waals surface area contributed by atoms with Crippen LogP contribution in [0.4, 0.5) is 4.39 Å². The summed E-state index contributed by atoms with van der Waals surface area (Å²) in [4.78, 5) is 0. The second-order valence-corrected chi connectivity index (χ2v) is 3.65. The zero-order chi connectivity index (χ0) is 10.8. The molecule has 0 N–H and O–H groups in total. The van der Waals surface area contributed by atoms with Gasteiger partial charge in [0.2, 0.25) is 0 Å². The molecule has 2 aromatic rings. The summed E-state index contributed by atoms with van der Waals surface area (Å²) in [5, 5.41) is 0. The molecule has 0 aromatic heterocycles. The topological polar surface area (TPSA) is 0 Å². The number of halogens is 1. The molecule has 0 nitrogen and oxygen atoms in total. The molecule has 0 saturated heterocycles. The number of benzene rings is 2. The standard InChI is InChI=1S/C14H12F/c1-10-8-9-13(11(2)14(10)15)12-6-4-3-5-7-12/h3-8H,1-2H3. The minimum absolute atomic E-state index is 0.132. The Kier molecular flexibility index (Phi) is 2.55. The molecule has 0 atom stereocenters. The van der Waals surface area contributed by atoms with E-state index < -0.39 is 0 Å². The van der Waals surface area contributed by atoms with Gasteiger partial charge in [-0.3, -0.25) is 0 Å². The van der Waals surface area contributed by atoms with E-state index in [1.54, 1.807) is 19.9 Å². The van der Waals surface area contributed by atoms with Crippen molar-refractivity contribution in [1.82, 2.24) is 0 Å². The van der Waals surface area contributed by atoms with Crippen LogP contribution in [0.1, 0.15) is 11.1 Å². The maximum atomic E-state index is 13.7. The lowest BCUT2D eigenvalue weighted by atomic mass is 9.98. The van der Waals surface area contributed by atoms with Crippen LogP contribution in [0.2, 0.25) is 0 Å². The summed E-state index contributed by atoms with van der Waals surface area (Å²) in [6.07, 6.45) is 0. The third-order valence-electron chi connectivity index (χ3n) is 2.55. The Morgan fingerprint density at radius 2 is 1.73 bits per heavy atom. The highest BCUT2D eigenvalue weighted by Gasteiger charge is 2.08. The van der Waals surface area contributed by atoms with Crippen LogP contribution in [0.15, 0.2) is 36.4 Å². The van der Waals surface area contributed by atoms with Gasteiger partial charge in [0.1, 0.15) is 5.82 Å². The fraction of sp³-hybridized carbons (Fsp3) is 0.143. The minimum Gasteiger partial charge on any atom is -0.206 e. The molecule has 2 aromatic carbocycles. The maximum Gasteiger partial charge on any atom is 0.129 e. The molecule has 0 spiro atoms. The number of aryl methyl sites for hydroxylation is 1. The first-order valence-corrected chi connectivity index (χ1v) is 4.93. The quantitative estimate of drug-likeness (QED) is 0.653. The molecule has 0 saturated carbocycles. The largest absolute Gasteiger partial charge is 0.206 e. The zero-order valence-electron chi connectivity index (χ0n) is 8.84. The first kappa shape index (κ1) is 9.91. The van der Waals surface area contributed by atoms with Crippen molar-refractivity contribution in [1.29, 1.82) is 0 Å². The molecular weight excluding hydrogens is 187 g/mol. The summed E-state index contributed by atoms with van der Waals surface area (Å²) >= 11 is 0. The van der Waals surface area contributed by atoms with Gasteiger partial charge in [0, 0.05) is 0 Å². The monoisotopic (exact) mass is 199 g/mol. The Hall–Kier alpha value is -1.63. The molecule has 0 amide bonds. The van der Waals surface area contributed by atoms with Gasteiger partial charge in [-0.15, -0.1) is 0 Å². The summed E-state index contributed by atoms with van der Waals surface area (Å²) in [6.45, 7) is 3.55. The molecule has 0 unspecified atom stereocenters. The maximum absolute atomic E-state index is 13.7. The van der Waals surface area contributed by atoms with Gasteiger partial charge in [-0.05, 0) is 48.2 Å². The van der Waals surface area contributed by atoms with Gasteiger partial charge < -0.3 is 0 Å². The van der Waals surface area contributed by atoms with E-state index in [2.05, 4.69) is 6.07 Å². The van der Waals surface area contributed by atoms with Gasteiger partial charge in [-0.25, -0.2) is 4.39 Å². The van der Waals surface area contributed by atoms with Crippen LogP contribution in [0, 0.1) is 25.7 Å². The molecule has 2 rings (SSSR count). The van der Waals surface area contributed by atoms with E-state index in [4.69, 9.17) is 0 Å². The first-order valence-electron chi connectivity index (χ1n) is 4.93. The average Bonchev–Trinajstić information content (AvgIpc) is 2.27. The molecular formula is C14H12F. The van der Waals surface area contributed by atoms with Gasteiger partial charge >= 0.3 is 0 Å². The lowest BCUT2D eigenvalue weighted by Crippen LogP contribution is -1.91. The van der Waals surface area contributed by atoms with Crippen molar-refractivity contribution in [3.8, 4) is 11.1 Å². The smallest absolute Gasteiger partial charge is 0.129 e. The molecule has 15 heavy (non-hydrogen) atoms. The predicted octanol–water partition coefficient (Wildman–Crippen LogP) is 3.91. The van der Waals surface area contributed by atoms with E-state index in [9.17, 15) is 4.39 Å². The van der Waals surface area contributed by atoms with E-state index in [0.717, 1.165) is 11.1 Å². The van der Waals surface area contributed by atoms with Crippen molar-refractivity contribution in [2.24, 2.45) is 0 Å². The molecule has 0 aliphatic heterocycles. The van der Waals surface area contributed by atoms with Crippen molar-refractivity contribution in [3.63, 3.8) is 0 Å². The summed E-state index contributed by atoms with van der Waals surface area (Å²) in [5.74, 6) is -0.132. The van der Waals surface area contributed by atoms with Crippen LogP contribution in [0.5, 0.6) is 0 Å². The highest BCUT2D eigenvalue weighted by molar-refractivity contribution is 5.67. The number of rotatable bonds is 1. The van der Waals surface area contributed by atoms with Crippen LogP contribution in [0.3, 0.4) is 0 Å². The highest BCUT2D eigenvalue weighted by Crippen LogP contribution is 2.25. The Balaban J connectivity index is 2.60. The predicted molar refractivity (Wildman–Crippen MR) is 60.1 cm³/mol. The van der Waals surface area contributed by atoms with Crippen molar-refractivity contribution >= 4 is 0 Å². The SMILES string of the molecule is Cc1c[c]c(-c2ccccc2)c(C)c1F. The Morgan fingerprint density at radius 3 is 2.40 bits per heavy atom. The van der Waals surface area contributed by atoms with Crippen LogP contribution in [0.25, 0.3) is 11.1 Å². The first-order chi connectivity index (χ1) is 7.20. The molecule has 0 aliphatic rings. The third kappa shape index (κ3) is 1.78. The summed E-state index contributed by atoms with van der Waals surface area (Å²) in [6, 6.07) is 14.6. The lowest BCUT2D eigenvalue weighted by molar-refractivity contribution is 0.610. The highest BCUT2D eigenvalue weighted by atomic mass is 19.1. The molecule has 1 heteroatoms. The normalized spacial score (nSPS) is 10.3. The Bertz CT molecular complexity index is 472. The van der Waals surface area contributed by atoms with E-state index in [0.29, 0.717) is 11.1 Å². The molecule has 75 valence electrons. The van der Waals surface area contributed by atoms with Crippen molar-refractivity contribution in [3.05, 3.63) is 59.4 Å². The van der Waals surface area contributed by atoms with Crippen molar-refractivity contribution in [2.45, 2.75) is 13.8 Å². The number of hydrogen-bond donors (Lipinski definition) is 0. The molecule has 0 fully saturated rings. The third-order valence-corrected chi connectivity index (χ3v) is 2.55. The Labute approximate surface area is 89.4 Å². The van der Waals surface area contributed by atoms with E-state index in [1.165, 1.54) is 0 Å². The second-order valence-electron chi connectivity index (χ2n) is 3.65. The van der Waals surface area contributed by atoms with E-state index >= 15 is 0 Å². The lowest BCUT2D eigenvalue weighted by Gasteiger charge is -2.08. The van der Waals surface area contributed by atoms with E-state index in [-0.39, 0.29) is 5.82 Å². The van der Waals surface area contributed by atoms with Gasteiger partial charge in [-0.1, -0.05) is 30.3 Å². The zero-order valence-corrected chi connectivity index (χ0v) is 8.84. The second kappa shape index (κ2) is 3.85. The molecule has 0 heterocycles. The van der Waals surface area contributed by atoms with Crippen molar-refractivity contribution < 1.29 is 4.39 Å². The summed E-state index contributed by atoms with van der Waals surface area (Å²) < 4.78 is 13.7. The van der Waals surface area contributed by atoms with Crippen LogP contribution in [-0.4, -0.2) is 0 Å². The van der Waals surface area contributed by atoms with Gasteiger partial charge in [-0.2, -0.15) is 0 Å². The summed E-state index contributed by atoms with van der Waals surface area (Å²) in [7, 11) is 0. The Morgan fingerprint density at radius 1 is 1.07 bits per heavy atom. The fourth-order valence-electron chi connectivity index (χ4n) is 1.66.